The Balaban J connectivity index is 1.93. The molecule has 1 heterocycles. The van der Waals surface area contributed by atoms with Gasteiger partial charge in [0.2, 0.25) is 5.91 Å². The zero-order chi connectivity index (χ0) is 12.3. The quantitative estimate of drug-likeness (QED) is 0.542. The summed E-state index contributed by atoms with van der Waals surface area (Å²) < 4.78 is 0. The van der Waals surface area contributed by atoms with Crippen molar-refractivity contribution in [3.8, 4) is 0 Å². The smallest absolute Gasteiger partial charge is 0.219 e. The molecule has 0 unspecified atom stereocenters. The van der Waals surface area contributed by atoms with Crippen molar-refractivity contribution in [3.05, 3.63) is 12.2 Å². The molecule has 1 aromatic rings. The van der Waals surface area contributed by atoms with Gasteiger partial charge in [-0.3, -0.25) is 9.89 Å². The van der Waals surface area contributed by atoms with E-state index in [9.17, 15) is 4.79 Å². The van der Waals surface area contributed by atoms with E-state index >= 15 is 0 Å². The molecule has 0 radical (unpaired) electrons. The van der Waals surface area contributed by atoms with E-state index in [0.717, 1.165) is 37.9 Å². The average Bonchev–Trinajstić information content (AvgIpc) is 2.83. The van der Waals surface area contributed by atoms with Gasteiger partial charge < -0.3 is 11.1 Å². The Morgan fingerprint density at radius 3 is 2.94 bits per heavy atom. The van der Waals surface area contributed by atoms with Crippen molar-refractivity contribution in [1.82, 2.24) is 20.5 Å². The van der Waals surface area contributed by atoms with Gasteiger partial charge in [0, 0.05) is 19.4 Å². The topological polar surface area (TPSA) is 96.7 Å². The van der Waals surface area contributed by atoms with Gasteiger partial charge in [-0.05, 0) is 25.8 Å². The van der Waals surface area contributed by atoms with E-state index < -0.39 is 0 Å². The molecule has 96 valence electrons. The highest BCUT2D eigenvalue weighted by Crippen LogP contribution is 1.98. The minimum Gasteiger partial charge on any atom is -0.356 e. The molecule has 0 bridgehead atoms. The first-order valence-corrected chi connectivity index (χ1v) is 6.14. The van der Waals surface area contributed by atoms with Gasteiger partial charge in [0.25, 0.3) is 0 Å². The number of nitrogens with zero attached hydrogens (tertiary/aromatic N) is 2. The van der Waals surface area contributed by atoms with Crippen LogP contribution in [0.3, 0.4) is 0 Å². The van der Waals surface area contributed by atoms with Crippen molar-refractivity contribution < 1.29 is 4.79 Å². The number of aromatic nitrogens is 3. The molecule has 1 rings (SSSR count). The molecule has 6 nitrogen and oxygen atoms in total. The fourth-order valence-corrected chi connectivity index (χ4v) is 1.53. The van der Waals surface area contributed by atoms with E-state index in [2.05, 4.69) is 20.5 Å². The number of nitrogens with one attached hydrogen (secondary N) is 2. The number of carbonyl (C=O) groups is 1. The van der Waals surface area contributed by atoms with Crippen molar-refractivity contribution in [3.63, 3.8) is 0 Å². The van der Waals surface area contributed by atoms with Gasteiger partial charge in [-0.2, -0.15) is 5.10 Å². The van der Waals surface area contributed by atoms with Crippen molar-refractivity contribution in [2.24, 2.45) is 5.73 Å². The van der Waals surface area contributed by atoms with E-state index in [1.54, 1.807) is 0 Å². The van der Waals surface area contributed by atoms with Crippen LogP contribution in [0.25, 0.3) is 0 Å². The lowest BCUT2D eigenvalue weighted by molar-refractivity contribution is -0.121. The number of H-pyrrole nitrogens is 1. The molecule has 0 atom stereocenters. The highest BCUT2D eigenvalue weighted by Gasteiger charge is 2.01. The molecular weight excluding hydrogens is 218 g/mol. The summed E-state index contributed by atoms with van der Waals surface area (Å²) in [5.74, 6) is 0.988. The van der Waals surface area contributed by atoms with E-state index in [1.807, 2.05) is 0 Å². The number of hydrogen-bond donors (Lipinski definition) is 3. The molecule has 0 aliphatic carbocycles. The predicted octanol–water partition coefficient (Wildman–Crippen LogP) is 0.373. The van der Waals surface area contributed by atoms with Crippen molar-refractivity contribution in [2.45, 2.75) is 38.5 Å². The lowest BCUT2D eigenvalue weighted by Gasteiger charge is -2.04. The van der Waals surface area contributed by atoms with Gasteiger partial charge in [0.05, 0.1) is 0 Å². The molecule has 0 saturated carbocycles. The van der Waals surface area contributed by atoms with E-state index in [4.69, 9.17) is 5.73 Å². The number of aromatic amines is 1. The maximum absolute atomic E-state index is 11.4. The molecule has 0 fully saturated rings. The van der Waals surface area contributed by atoms with Crippen molar-refractivity contribution >= 4 is 5.91 Å². The predicted molar refractivity (Wildman–Crippen MR) is 65.2 cm³/mol. The van der Waals surface area contributed by atoms with Gasteiger partial charge in [-0.1, -0.05) is 6.42 Å². The monoisotopic (exact) mass is 239 g/mol. The summed E-state index contributed by atoms with van der Waals surface area (Å²) in [7, 11) is 0. The normalized spacial score (nSPS) is 10.4. The Labute approximate surface area is 101 Å². The van der Waals surface area contributed by atoms with Gasteiger partial charge in [0.15, 0.2) is 0 Å². The van der Waals surface area contributed by atoms with Crippen LogP contribution >= 0.6 is 0 Å². The van der Waals surface area contributed by atoms with Crippen LogP contribution in [-0.2, 0) is 11.2 Å². The fourth-order valence-electron chi connectivity index (χ4n) is 1.53. The molecule has 4 N–H and O–H groups in total. The average molecular weight is 239 g/mol. The first-order chi connectivity index (χ1) is 8.33. The van der Waals surface area contributed by atoms with Crippen LogP contribution in [0.4, 0.5) is 0 Å². The first kappa shape index (κ1) is 13.6. The number of carbonyl (C=O) groups excluding carboxylic acids is 1. The van der Waals surface area contributed by atoms with Crippen LogP contribution in [-0.4, -0.2) is 34.2 Å². The summed E-state index contributed by atoms with van der Waals surface area (Å²) in [6.45, 7) is 1.40. The third kappa shape index (κ3) is 6.68. The highest BCUT2D eigenvalue weighted by molar-refractivity contribution is 5.75. The Morgan fingerprint density at radius 2 is 2.24 bits per heavy atom. The Bertz CT molecular complexity index is 299. The van der Waals surface area contributed by atoms with Gasteiger partial charge in [0.1, 0.15) is 12.2 Å². The van der Waals surface area contributed by atoms with Crippen LogP contribution in [0.5, 0.6) is 0 Å². The largest absolute Gasteiger partial charge is 0.356 e. The number of amides is 1. The summed E-state index contributed by atoms with van der Waals surface area (Å²) in [4.78, 5) is 15.4. The molecule has 0 saturated heterocycles. The van der Waals surface area contributed by atoms with Crippen LogP contribution in [0, 0.1) is 0 Å². The molecule has 1 aromatic heterocycles. The summed E-state index contributed by atoms with van der Waals surface area (Å²) in [6.07, 6.45) is 6.73. The maximum atomic E-state index is 11.4. The van der Waals surface area contributed by atoms with Gasteiger partial charge >= 0.3 is 0 Å². The third-order valence-electron chi connectivity index (χ3n) is 2.49. The summed E-state index contributed by atoms with van der Waals surface area (Å²) in [5.41, 5.74) is 5.38. The summed E-state index contributed by atoms with van der Waals surface area (Å²) >= 11 is 0. The van der Waals surface area contributed by atoms with Crippen molar-refractivity contribution in [2.75, 3.05) is 13.1 Å². The van der Waals surface area contributed by atoms with Crippen LogP contribution in [0.15, 0.2) is 6.33 Å². The second-order valence-corrected chi connectivity index (χ2v) is 3.99. The second-order valence-electron chi connectivity index (χ2n) is 3.99. The Morgan fingerprint density at radius 1 is 1.35 bits per heavy atom. The number of unbranched alkanes of at least 4 members (excludes halogenated alkanes) is 2. The zero-order valence-corrected chi connectivity index (χ0v) is 10.1. The standard InChI is InChI=1S/C11H21N5O/c12-7-3-1-2-6-11(17)13-8-4-5-10-14-9-15-16-10/h9H,1-8,12H2,(H,13,17)(H,14,15,16). The lowest BCUT2D eigenvalue weighted by atomic mass is 10.2. The third-order valence-corrected chi connectivity index (χ3v) is 2.49. The highest BCUT2D eigenvalue weighted by atomic mass is 16.1. The lowest BCUT2D eigenvalue weighted by Crippen LogP contribution is -2.24. The van der Waals surface area contributed by atoms with E-state index in [-0.39, 0.29) is 5.91 Å². The van der Waals surface area contributed by atoms with Crippen LogP contribution in [0.1, 0.15) is 37.9 Å². The minimum absolute atomic E-state index is 0.125. The number of hydrogen-bond acceptors (Lipinski definition) is 4. The summed E-state index contributed by atoms with van der Waals surface area (Å²) in [6, 6.07) is 0. The van der Waals surface area contributed by atoms with Crippen molar-refractivity contribution in [1.29, 1.82) is 0 Å². The van der Waals surface area contributed by atoms with Crippen LogP contribution in [0.2, 0.25) is 0 Å². The Hall–Kier alpha value is -1.43. The molecule has 1 amide bonds. The van der Waals surface area contributed by atoms with Crippen LogP contribution < -0.4 is 11.1 Å². The molecule has 0 aromatic carbocycles. The zero-order valence-electron chi connectivity index (χ0n) is 10.1. The maximum Gasteiger partial charge on any atom is 0.219 e. The molecule has 17 heavy (non-hydrogen) atoms. The second kappa shape index (κ2) is 8.69. The first-order valence-electron chi connectivity index (χ1n) is 6.14. The van der Waals surface area contributed by atoms with Gasteiger partial charge in [-0.25, -0.2) is 4.98 Å². The number of aryl methyl sites for hydroxylation is 1. The molecule has 0 aliphatic heterocycles. The van der Waals surface area contributed by atoms with E-state index in [0.29, 0.717) is 19.5 Å². The molecular formula is C11H21N5O. The summed E-state index contributed by atoms with van der Waals surface area (Å²) in [5, 5.41) is 9.44. The number of rotatable bonds is 9. The Kier molecular flexibility index (Phi) is 6.97. The van der Waals surface area contributed by atoms with E-state index in [1.165, 1.54) is 6.33 Å². The minimum atomic E-state index is 0.125. The number of nitrogens with two attached hydrogens (primary N) is 1. The molecule has 0 spiro atoms. The molecule has 0 aliphatic rings. The molecule has 6 heteroatoms. The fraction of sp³-hybridized carbons (Fsp3) is 0.727. The SMILES string of the molecule is NCCCCCC(=O)NCCCc1ncn[nH]1. The van der Waals surface area contributed by atoms with Gasteiger partial charge in [-0.15, -0.1) is 0 Å².